The first-order valence-electron chi connectivity index (χ1n) is 17.7. The van der Waals surface area contributed by atoms with Crippen molar-refractivity contribution in [3.05, 3.63) is 71.3 Å². The lowest BCUT2D eigenvalue weighted by Crippen LogP contribution is -2.07. The molecule has 7 rings (SSSR count). The van der Waals surface area contributed by atoms with Gasteiger partial charge in [-0.05, 0) is 85.7 Å². The number of hydrogen-bond donors (Lipinski definition) is 0. The number of unbranched alkanes of at least 4 members (excludes halogenated alkanes) is 6. The molecule has 8 heteroatoms. The number of benzene rings is 4. The van der Waals surface area contributed by atoms with Gasteiger partial charge < -0.3 is 4.74 Å². The van der Waals surface area contributed by atoms with Crippen LogP contribution in [-0.2, 0) is 17.6 Å². The van der Waals surface area contributed by atoms with Crippen LogP contribution in [0.3, 0.4) is 0 Å². The van der Waals surface area contributed by atoms with E-state index < -0.39 is 0 Å². The Morgan fingerprint density at radius 2 is 0.875 bits per heavy atom. The summed E-state index contributed by atoms with van der Waals surface area (Å²) in [6.45, 7) is 6.97. The van der Waals surface area contributed by atoms with E-state index in [-0.39, 0.29) is 5.97 Å². The Labute approximate surface area is 280 Å². The van der Waals surface area contributed by atoms with Crippen molar-refractivity contribution in [1.29, 1.82) is 0 Å². The average Bonchev–Trinajstić information content (AvgIpc) is 3.11. The second-order valence-electron chi connectivity index (χ2n) is 12.9. The maximum Gasteiger partial charge on any atom is 0.338 e. The Morgan fingerprint density at radius 1 is 0.479 bits per heavy atom. The van der Waals surface area contributed by atoms with Crippen LogP contribution in [0.15, 0.2) is 54.6 Å². The minimum absolute atomic E-state index is 0.356. The number of aryl methyl sites for hydroxylation is 2. The molecule has 48 heavy (non-hydrogen) atoms. The van der Waals surface area contributed by atoms with E-state index in [1.165, 1.54) is 36.8 Å². The molecule has 0 bridgehead atoms. The monoisotopic (exact) mass is 638 g/mol. The molecular formula is C40H42N6O2. The lowest BCUT2D eigenvalue weighted by atomic mass is 10.1. The fraction of sp³-hybridized carbons (Fsp3) is 0.375. The van der Waals surface area contributed by atoms with Gasteiger partial charge in [0.15, 0.2) is 0 Å². The van der Waals surface area contributed by atoms with Gasteiger partial charge in [-0.3, -0.25) is 0 Å². The predicted octanol–water partition coefficient (Wildman–Crippen LogP) is 9.79. The second-order valence-corrected chi connectivity index (χ2v) is 12.9. The lowest BCUT2D eigenvalue weighted by molar-refractivity contribution is 0.0498. The molecule has 8 nitrogen and oxygen atoms in total. The number of carbonyl (C=O) groups excluding carboxylic acids is 1. The third-order valence-corrected chi connectivity index (χ3v) is 9.15. The van der Waals surface area contributed by atoms with E-state index in [0.717, 1.165) is 67.0 Å². The van der Waals surface area contributed by atoms with Crippen molar-refractivity contribution in [3.8, 4) is 0 Å². The molecule has 0 amide bonds. The zero-order chi connectivity index (χ0) is 33.0. The SMILES string of the molecule is CCCCCOC(=O)c1ccc2nc3c4nc5cc(CCCCC)ccc5nc4c4nc5cc(CCCCC)ccc5nc4c3nc2c1. The van der Waals surface area contributed by atoms with E-state index in [9.17, 15) is 4.79 Å². The van der Waals surface area contributed by atoms with E-state index in [1.54, 1.807) is 12.1 Å². The summed E-state index contributed by atoms with van der Waals surface area (Å²) in [6.07, 6.45) is 12.0. The van der Waals surface area contributed by atoms with Gasteiger partial charge in [0.05, 0.1) is 45.3 Å². The van der Waals surface area contributed by atoms with Crippen LogP contribution in [0.25, 0.3) is 66.2 Å². The van der Waals surface area contributed by atoms with Crippen molar-refractivity contribution < 1.29 is 9.53 Å². The molecule has 0 radical (unpaired) electrons. The Bertz CT molecular complexity index is 2240. The quantitative estimate of drug-likeness (QED) is 0.0532. The molecular weight excluding hydrogens is 596 g/mol. The third-order valence-electron chi connectivity index (χ3n) is 9.15. The summed E-state index contributed by atoms with van der Waals surface area (Å²) >= 11 is 0. The number of aromatic nitrogens is 6. The van der Waals surface area contributed by atoms with E-state index in [2.05, 4.69) is 51.1 Å². The molecule has 0 saturated carbocycles. The highest BCUT2D eigenvalue weighted by Crippen LogP contribution is 2.33. The number of fused-ring (bicyclic) bond motifs is 9. The van der Waals surface area contributed by atoms with Crippen molar-refractivity contribution in [2.24, 2.45) is 0 Å². The highest BCUT2D eigenvalue weighted by molar-refractivity contribution is 6.21. The van der Waals surface area contributed by atoms with Crippen LogP contribution in [0.1, 0.15) is 100 Å². The maximum atomic E-state index is 12.9. The number of ether oxygens (including phenoxy) is 1. The van der Waals surface area contributed by atoms with Crippen LogP contribution in [0.2, 0.25) is 0 Å². The average molecular weight is 639 g/mol. The molecule has 3 heterocycles. The van der Waals surface area contributed by atoms with Crippen LogP contribution >= 0.6 is 0 Å². The number of carbonyl (C=O) groups is 1. The number of hydrogen-bond acceptors (Lipinski definition) is 8. The second kappa shape index (κ2) is 14.1. The number of rotatable bonds is 13. The largest absolute Gasteiger partial charge is 0.462 e. The summed E-state index contributed by atoms with van der Waals surface area (Å²) in [4.78, 5) is 43.7. The Balaban J connectivity index is 1.43. The van der Waals surface area contributed by atoms with Gasteiger partial charge in [0.25, 0.3) is 0 Å². The zero-order valence-corrected chi connectivity index (χ0v) is 28.2. The van der Waals surface area contributed by atoms with Gasteiger partial charge in [-0.2, -0.15) is 0 Å². The van der Waals surface area contributed by atoms with E-state index in [4.69, 9.17) is 34.6 Å². The molecule has 244 valence electrons. The summed E-state index contributed by atoms with van der Waals surface area (Å²) in [5, 5.41) is 0. The first kappa shape index (κ1) is 31.7. The first-order valence-corrected chi connectivity index (χ1v) is 17.7. The van der Waals surface area contributed by atoms with Crippen molar-refractivity contribution in [1.82, 2.24) is 29.9 Å². The summed E-state index contributed by atoms with van der Waals surface area (Å²) in [7, 11) is 0. The Morgan fingerprint density at radius 3 is 1.33 bits per heavy atom. The van der Waals surface area contributed by atoms with Gasteiger partial charge in [0.2, 0.25) is 0 Å². The molecule has 0 atom stereocenters. The standard InChI is InChI=1S/C40H42N6O2/c1-4-7-10-13-25-15-18-28-31(22-25)45-38-34(41-28)37-35(42-29-19-16-26(14-11-8-5-2)23-32(29)44-37)39-36(38)43-30-20-17-27(24-33(30)46-39)40(47)48-21-12-9-6-3/h15-20,22-24H,4-14,21H2,1-3H3. The maximum absolute atomic E-state index is 12.9. The van der Waals surface area contributed by atoms with Crippen LogP contribution in [0.5, 0.6) is 0 Å². The molecule has 0 fully saturated rings. The molecule has 4 aromatic carbocycles. The normalized spacial score (nSPS) is 11.9. The molecule has 0 aliphatic heterocycles. The first-order chi connectivity index (χ1) is 23.6. The van der Waals surface area contributed by atoms with E-state index in [1.807, 2.05) is 12.1 Å². The number of esters is 1. The fourth-order valence-electron chi connectivity index (χ4n) is 6.44. The Kier molecular flexibility index (Phi) is 9.32. The minimum atomic E-state index is -0.356. The summed E-state index contributed by atoms with van der Waals surface area (Å²) in [5.41, 5.74) is 11.3. The smallest absolute Gasteiger partial charge is 0.338 e. The Hall–Kier alpha value is -4.85. The third kappa shape index (κ3) is 6.36. The summed E-state index contributed by atoms with van der Waals surface area (Å²) in [5.74, 6) is -0.356. The van der Waals surface area contributed by atoms with Gasteiger partial charge >= 0.3 is 5.97 Å². The molecule has 3 aromatic heterocycles. The molecule has 0 aliphatic rings. The number of nitrogens with zero attached hydrogens (tertiary/aromatic N) is 6. The van der Waals surface area contributed by atoms with Crippen molar-refractivity contribution in [2.75, 3.05) is 6.61 Å². The van der Waals surface area contributed by atoms with E-state index >= 15 is 0 Å². The molecule has 7 aromatic rings. The topological polar surface area (TPSA) is 104 Å². The molecule has 0 saturated heterocycles. The molecule has 0 unspecified atom stereocenters. The predicted molar refractivity (Wildman–Crippen MR) is 195 cm³/mol. The van der Waals surface area contributed by atoms with Gasteiger partial charge in [0, 0.05) is 0 Å². The summed E-state index contributed by atoms with van der Waals surface area (Å²) in [6, 6.07) is 18.0. The van der Waals surface area contributed by atoms with Gasteiger partial charge in [-0.15, -0.1) is 0 Å². The minimum Gasteiger partial charge on any atom is -0.462 e. The highest BCUT2D eigenvalue weighted by Gasteiger charge is 2.20. The molecule has 0 N–H and O–H groups in total. The molecule has 0 aliphatic carbocycles. The van der Waals surface area contributed by atoms with Gasteiger partial charge in [-0.1, -0.05) is 71.4 Å². The van der Waals surface area contributed by atoms with Crippen LogP contribution < -0.4 is 0 Å². The van der Waals surface area contributed by atoms with Crippen molar-refractivity contribution in [2.45, 2.75) is 91.4 Å². The zero-order valence-electron chi connectivity index (χ0n) is 28.2. The van der Waals surface area contributed by atoms with Crippen LogP contribution in [0, 0.1) is 0 Å². The van der Waals surface area contributed by atoms with Crippen molar-refractivity contribution in [3.63, 3.8) is 0 Å². The van der Waals surface area contributed by atoms with Crippen LogP contribution in [-0.4, -0.2) is 42.5 Å². The summed E-state index contributed by atoms with van der Waals surface area (Å²) < 4.78 is 5.54. The lowest BCUT2D eigenvalue weighted by Gasteiger charge is -2.12. The van der Waals surface area contributed by atoms with Gasteiger partial charge in [0.1, 0.15) is 33.1 Å². The van der Waals surface area contributed by atoms with Crippen molar-refractivity contribution >= 4 is 72.2 Å². The van der Waals surface area contributed by atoms with Gasteiger partial charge in [-0.25, -0.2) is 34.7 Å². The van der Waals surface area contributed by atoms with Crippen LogP contribution in [0.4, 0.5) is 0 Å². The highest BCUT2D eigenvalue weighted by atomic mass is 16.5. The molecule has 0 spiro atoms. The van der Waals surface area contributed by atoms with E-state index in [0.29, 0.717) is 56.3 Å². The fourth-order valence-corrected chi connectivity index (χ4v) is 6.44.